The highest BCUT2D eigenvalue weighted by Crippen LogP contribution is 2.03. The van der Waals surface area contributed by atoms with Crippen LogP contribution < -0.4 is 5.32 Å². The van der Waals surface area contributed by atoms with Gasteiger partial charge in [-0.1, -0.05) is 6.07 Å². The third-order valence-corrected chi connectivity index (χ3v) is 2.09. The van der Waals surface area contributed by atoms with E-state index < -0.39 is 0 Å². The molecule has 0 aliphatic heterocycles. The zero-order valence-corrected chi connectivity index (χ0v) is 9.04. The first-order chi connectivity index (χ1) is 6.53. The van der Waals surface area contributed by atoms with E-state index in [2.05, 4.69) is 10.3 Å². The Morgan fingerprint density at radius 2 is 2.14 bits per heavy atom. The number of hydrogen-bond donors (Lipinski definition) is 2. The molecule has 0 spiro atoms. The Morgan fingerprint density at radius 1 is 1.43 bits per heavy atom. The highest BCUT2D eigenvalue weighted by molar-refractivity contribution is 5.09. The maximum absolute atomic E-state index is 9.04. The lowest BCUT2D eigenvalue weighted by molar-refractivity contribution is 0.187. The Morgan fingerprint density at radius 3 is 2.71 bits per heavy atom. The molecule has 0 bridgehead atoms. The van der Waals surface area contributed by atoms with E-state index in [4.69, 9.17) is 5.11 Å². The van der Waals surface area contributed by atoms with Crippen LogP contribution in [0.1, 0.15) is 25.2 Å². The zero-order valence-electron chi connectivity index (χ0n) is 9.04. The lowest BCUT2D eigenvalue weighted by Crippen LogP contribution is -2.42. The van der Waals surface area contributed by atoms with E-state index in [0.29, 0.717) is 6.54 Å². The Bertz CT molecular complexity index is 297. The molecule has 0 amide bonds. The summed E-state index contributed by atoms with van der Waals surface area (Å²) >= 11 is 0. The van der Waals surface area contributed by atoms with Gasteiger partial charge in [0.25, 0.3) is 0 Å². The number of nitrogens with one attached hydrogen (secondary N) is 1. The van der Waals surface area contributed by atoms with E-state index in [1.165, 1.54) is 0 Å². The van der Waals surface area contributed by atoms with Gasteiger partial charge in [-0.15, -0.1) is 0 Å². The molecule has 3 heteroatoms. The number of aliphatic hydroxyl groups is 1. The highest BCUT2D eigenvalue weighted by atomic mass is 16.3. The van der Waals surface area contributed by atoms with Gasteiger partial charge in [0.05, 0.1) is 12.3 Å². The van der Waals surface area contributed by atoms with E-state index >= 15 is 0 Å². The van der Waals surface area contributed by atoms with Crippen molar-refractivity contribution in [2.24, 2.45) is 0 Å². The average Bonchev–Trinajstić information content (AvgIpc) is 2.15. The fraction of sp³-hybridized carbons (Fsp3) is 0.545. The van der Waals surface area contributed by atoms with Crippen molar-refractivity contribution >= 4 is 0 Å². The van der Waals surface area contributed by atoms with Gasteiger partial charge in [0.15, 0.2) is 0 Å². The van der Waals surface area contributed by atoms with Gasteiger partial charge >= 0.3 is 0 Å². The van der Waals surface area contributed by atoms with Crippen molar-refractivity contribution in [3.05, 3.63) is 29.6 Å². The Hall–Kier alpha value is -0.930. The summed E-state index contributed by atoms with van der Waals surface area (Å²) in [5.74, 6) is 0. The molecule has 0 saturated heterocycles. The SMILES string of the molecule is Cc1cccc(CNC(C)(C)CO)n1. The number of rotatable bonds is 4. The predicted molar refractivity (Wildman–Crippen MR) is 57.0 cm³/mol. The summed E-state index contributed by atoms with van der Waals surface area (Å²) in [4.78, 5) is 4.37. The summed E-state index contributed by atoms with van der Waals surface area (Å²) in [5, 5.41) is 12.3. The fourth-order valence-corrected chi connectivity index (χ4v) is 1.08. The number of pyridine rings is 1. The monoisotopic (exact) mass is 194 g/mol. The normalized spacial score (nSPS) is 11.7. The van der Waals surface area contributed by atoms with Gasteiger partial charge in [0, 0.05) is 17.8 Å². The maximum Gasteiger partial charge on any atom is 0.0607 e. The van der Waals surface area contributed by atoms with Crippen molar-refractivity contribution in [3.63, 3.8) is 0 Å². The van der Waals surface area contributed by atoms with Crippen LogP contribution in [0, 0.1) is 6.92 Å². The Balaban J connectivity index is 2.54. The van der Waals surface area contributed by atoms with Crippen LogP contribution in [0.15, 0.2) is 18.2 Å². The van der Waals surface area contributed by atoms with Gasteiger partial charge in [-0.3, -0.25) is 4.98 Å². The van der Waals surface area contributed by atoms with Gasteiger partial charge in [-0.05, 0) is 32.9 Å². The molecule has 2 N–H and O–H groups in total. The van der Waals surface area contributed by atoms with Crippen molar-refractivity contribution in [2.45, 2.75) is 32.9 Å². The first-order valence-electron chi connectivity index (χ1n) is 4.82. The fourth-order valence-electron chi connectivity index (χ4n) is 1.08. The second-order valence-electron chi connectivity index (χ2n) is 4.17. The van der Waals surface area contributed by atoms with E-state index in [-0.39, 0.29) is 12.1 Å². The molecule has 78 valence electrons. The Labute approximate surface area is 85.2 Å². The number of aryl methyl sites for hydroxylation is 1. The predicted octanol–water partition coefficient (Wildman–Crippen LogP) is 1.25. The molecule has 0 aromatic carbocycles. The van der Waals surface area contributed by atoms with Crippen LogP contribution >= 0.6 is 0 Å². The van der Waals surface area contributed by atoms with Gasteiger partial charge in [0.1, 0.15) is 0 Å². The van der Waals surface area contributed by atoms with Crippen molar-refractivity contribution in [1.29, 1.82) is 0 Å². The summed E-state index contributed by atoms with van der Waals surface area (Å²) in [6, 6.07) is 5.94. The van der Waals surface area contributed by atoms with Gasteiger partial charge in [-0.25, -0.2) is 0 Å². The number of hydrogen-bond acceptors (Lipinski definition) is 3. The standard InChI is InChI=1S/C11H18N2O/c1-9-5-4-6-10(13-9)7-12-11(2,3)8-14/h4-6,12,14H,7-8H2,1-3H3. The van der Waals surface area contributed by atoms with Crippen LogP contribution in [-0.4, -0.2) is 22.2 Å². The van der Waals surface area contributed by atoms with E-state index in [1.54, 1.807) is 0 Å². The summed E-state index contributed by atoms with van der Waals surface area (Å²) < 4.78 is 0. The molecule has 0 fully saturated rings. The maximum atomic E-state index is 9.04. The molecule has 1 aromatic rings. The number of nitrogens with zero attached hydrogens (tertiary/aromatic N) is 1. The Kier molecular flexibility index (Phi) is 3.61. The summed E-state index contributed by atoms with van der Waals surface area (Å²) in [7, 11) is 0. The molecule has 0 radical (unpaired) electrons. The van der Waals surface area contributed by atoms with Crippen LogP contribution in [0.25, 0.3) is 0 Å². The molecular formula is C11H18N2O. The van der Waals surface area contributed by atoms with E-state index in [0.717, 1.165) is 11.4 Å². The molecule has 1 aromatic heterocycles. The first-order valence-corrected chi connectivity index (χ1v) is 4.82. The first kappa shape index (κ1) is 11.1. The third-order valence-electron chi connectivity index (χ3n) is 2.09. The van der Waals surface area contributed by atoms with E-state index in [1.807, 2.05) is 39.0 Å². The molecular weight excluding hydrogens is 176 g/mol. The largest absolute Gasteiger partial charge is 0.394 e. The minimum atomic E-state index is -0.245. The zero-order chi connectivity index (χ0) is 10.6. The van der Waals surface area contributed by atoms with Crippen molar-refractivity contribution < 1.29 is 5.11 Å². The lowest BCUT2D eigenvalue weighted by atomic mass is 10.1. The number of aliphatic hydroxyl groups excluding tert-OH is 1. The van der Waals surface area contributed by atoms with Crippen molar-refractivity contribution in [1.82, 2.24) is 10.3 Å². The molecule has 0 aliphatic carbocycles. The van der Waals surface area contributed by atoms with Gasteiger partial charge in [-0.2, -0.15) is 0 Å². The minimum absolute atomic E-state index is 0.124. The van der Waals surface area contributed by atoms with Crippen LogP contribution in [0.3, 0.4) is 0 Å². The molecule has 0 unspecified atom stereocenters. The third kappa shape index (κ3) is 3.44. The second-order valence-corrected chi connectivity index (χ2v) is 4.17. The van der Waals surface area contributed by atoms with Crippen LogP contribution in [0.2, 0.25) is 0 Å². The smallest absolute Gasteiger partial charge is 0.0607 e. The van der Waals surface area contributed by atoms with Crippen LogP contribution in [0.4, 0.5) is 0 Å². The molecule has 3 nitrogen and oxygen atoms in total. The summed E-state index contributed by atoms with van der Waals surface area (Å²) in [6.45, 7) is 6.71. The van der Waals surface area contributed by atoms with E-state index in [9.17, 15) is 0 Å². The molecule has 0 saturated carbocycles. The van der Waals surface area contributed by atoms with Crippen LogP contribution in [-0.2, 0) is 6.54 Å². The quantitative estimate of drug-likeness (QED) is 0.758. The van der Waals surface area contributed by atoms with Crippen molar-refractivity contribution in [3.8, 4) is 0 Å². The van der Waals surface area contributed by atoms with Crippen molar-refractivity contribution in [2.75, 3.05) is 6.61 Å². The molecule has 1 rings (SSSR count). The molecule has 14 heavy (non-hydrogen) atoms. The van der Waals surface area contributed by atoms with Crippen LogP contribution in [0.5, 0.6) is 0 Å². The topological polar surface area (TPSA) is 45.1 Å². The summed E-state index contributed by atoms with van der Waals surface area (Å²) in [5.41, 5.74) is 1.78. The lowest BCUT2D eigenvalue weighted by Gasteiger charge is -2.23. The molecule has 1 heterocycles. The number of aromatic nitrogens is 1. The second kappa shape index (κ2) is 4.53. The average molecular weight is 194 g/mol. The minimum Gasteiger partial charge on any atom is -0.394 e. The molecule has 0 aliphatic rings. The summed E-state index contributed by atoms with van der Waals surface area (Å²) in [6.07, 6.45) is 0. The highest BCUT2D eigenvalue weighted by Gasteiger charge is 2.14. The van der Waals surface area contributed by atoms with Gasteiger partial charge < -0.3 is 10.4 Å². The molecule has 0 atom stereocenters. The van der Waals surface area contributed by atoms with Gasteiger partial charge in [0.2, 0.25) is 0 Å².